The largest absolute Gasteiger partial charge is 0.324 e. The smallest absolute Gasteiger partial charge is 0.241 e. The van der Waals surface area contributed by atoms with Crippen molar-refractivity contribution in [2.75, 3.05) is 12.4 Å². The fraction of sp³-hybridized carbons (Fsp3) is 0.238. The highest BCUT2D eigenvalue weighted by molar-refractivity contribution is 5.95. The van der Waals surface area contributed by atoms with E-state index < -0.39 is 0 Å². The lowest BCUT2D eigenvalue weighted by Crippen LogP contribution is -2.39. The lowest BCUT2D eigenvalue weighted by molar-refractivity contribution is -0.120. The summed E-state index contributed by atoms with van der Waals surface area (Å²) in [6, 6.07) is 17.5. The first-order chi connectivity index (χ1) is 12.5. The van der Waals surface area contributed by atoms with Crippen LogP contribution in [0.1, 0.15) is 18.1 Å². The third-order valence-corrected chi connectivity index (χ3v) is 4.53. The van der Waals surface area contributed by atoms with E-state index >= 15 is 0 Å². The quantitative estimate of drug-likeness (QED) is 0.740. The van der Waals surface area contributed by atoms with E-state index in [4.69, 9.17) is 0 Å². The van der Waals surface area contributed by atoms with Gasteiger partial charge in [0.25, 0.3) is 0 Å². The number of aryl methyl sites for hydroxylation is 1. The highest BCUT2D eigenvalue weighted by Crippen LogP contribution is 2.15. The maximum Gasteiger partial charge on any atom is 0.241 e. The van der Waals surface area contributed by atoms with Crippen molar-refractivity contribution in [3.05, 3.63) is 78.1 Å². The fourth-order valence-corrected chi connectivity index (χ4v) is 2.74. The summed E-state index contributed by atoms with van der Waals surface area (Å²) in [5, 5.41) is 7.42. The zero-order valence-electron chi connectivity index (χ0n) is 15.4. The zero-order valence-corrected chi connectivity index (χ0v) is 15.4. The summed E-state index contributed by atoms with van der Waals surface area (Å²) in [6.07, 6.45) is 3.84. The summed E-state index contributed by atoms with van der Waals surface area (Å²) in [4.78, 5) is 14.6. The van der Waals surface area contributed by atoms with Gasteiger partial charge in [-0.1, -0.05) is 36.4 Å². The molecule has 5 heteroatoms. The number of benzene rings is 2. The normalized spacial score (nSPS) is 12.2. The number of nitrogens with one attached hydrogen (secondary N) is 1. The molecule has 0 saturated carbocycles. The molecule has 1 amide bonds. The van der Waals surface area contributed by atoms with Crippen molar-refractivity contribution >= 4 is 11.6 Å². The molecule has 0 unspecified atom stereocenters. The molecule has 0 radical (unpaired) electrons. The summed E-state index contributed by atoms with van der Waals surface area (Å²) in [6.45, 7) is 4.55. The van der Waals surface area contributed by atoms with Gasteiger partial charge in [-0.3, -0.25) is 9.69 Å². The monoisotopic (exact) mass is 348 g/mol. The van der Waals surface area contributed by atoms with E-state index in [0.717, 1.165) is 22.5 Å². The minimum Gasteiger partial charge on any atom is -0.324 e. The Hall–Kier alpha value is -2.92. The zero-order chi connectivity index (χ0) is 18.5. The van der Waals surface area contributed by atoms with Gasteiger partial charge in [0.2, 0.25) is 5.91 Å². The van der Waals surface area contributed by atoms with Crippen molar-refractivity contribution in [3.8, 4) is 5.69 Å². The Kier molecular flexibility index (Phi) is 5.49. The van der Waals surface area contributed by atoms with Crippen LogP contribution in [0, 0.1) is 6.92 Å². The number of nitrogens with zero attached hydrogens (tertiary/aromatic N) is 3. The number of amides is 1. The summed E-state index contributed by atoms with van der Waals surface area (Å²) in [7, 11) is 1.95. The molecular weight excluding hydrogens is 324 g/mol. The molecule has 0 saturated heterocycles. The predicted octanol–water partition coefficient (Wildman–Crippen LogP) is 3.64. The van der Waals surface area contributed by atoms with Crippen LogP contribution in [0.2, 0.25) is 0 Å². The summed E-state index contributed by atoms with van der Waals surface area (Å²) >= 11 is 0. The number of para-hydroxylation sites is 2. The van der Waals surface area contributed by atoms with Crippen LogP contribution in [-0.4, -0.2) is 33.7 Å². The minimum absolute atomic E-state index is 0.0164. The molecule has 1 heterocycles. The molecule has 0 bridgehead atoms. The summed E-state index contributed by atoms with van der Waals surface area (Å²) in [5.74, 6) is -0.0164. The van der Waals surface area contributed by atoms with Crippen LogP contribution in [-0.2, 0) is 11.3 Å². The van der Waals surface area contributed by atoms with Gasteiger partial charge in [-0.2, -0.15) is 5.10 Å². The van der Waals surface area contributed by atoms with Gasteiger partial charge in [0.15, 0.2) is 0 Å². The Morgan fingerprint density at radius 2 is 1.85 bits per heavy atom. The number of anilines is 1. The first kappa shape index (κ1) is 17.9. The maximum atomic E-state index is 12.5. The minimum atomic E-state index is -0.255. The van der Waals surface area contributed by atoms with Crippen molar-refractivity contribution < 1.29 is 4.79 Å². The first-order valence-corrected chi connectivity index (χ1v) is 8.70. The van der Waals surface area contributed by atoms with E-state index in [1.54, 1.807) is 0 Å². The van der Waals surface area contributed by atoms with Gasteiger partial charge in [-0.05, 0) is 44.7 Å². The Morgan fingerprint density at radius 3 is 2.58 bits per heavy atom. The van der Waals surface area contributed by atoms with Gasteiger partial charge in [0.05, 0.1) is 17.9 Å². The number of carbonyl (C=O) groups excluding carboxylic acids is 1. The van der Waals surface area contributed by atoms with Gasteiger partial charge >= 0.3 is 0 Å². The number of aromatic nitrogens is 2. The first-order valence-electron chi connectivity index (χ1n) is 8.70. The Balaban J connectivity index is 1.62. The third kappa shape index (κ3) is 4.18. The Bertz CT molecular complexity index is 872. The van der Waals surface area contributed by atoms with Gasteiger partial charge in [0, 0.05) is 24.0 Å². The van der Waals surface area contributed by atoms with Crippen LogP contribution in [0.15, 0.2) is 67.0 Å². The van der Waals surface area contributed by atoms with Crippen LogP contribution in [0.3, 0.4) is 0 Å². The topological polar surface area (TPSA) is 50.2 Å². The standard InChI is InChI=1S/C21H24N4O/c1-16-9-7-8-12-20(16)23-21(26)17(2)24(3)14-18-13-22-25(15-18)19-10-5-4-6-11-19/h4-13,15,17H,14H2,1-3H3,(H,23,26)/t17-/m0/s1. The molecule has 0 fully saturated rings. The maximum absolute atomic E-state index is 12.5. The van der Waals surface area contributed by atoms with Crippen LogP contribution < -0.4 is 5.32 Å². The molecule has 5 nitrogen and oxygen atoms in total. The summed E-state index contributed by atoms with van der Waals surface area (Å²) in [5.41, 5.74) is 3.99. The van der Waals surface area contributed by atoms with Crippen molar-refractivity contribution in [2.24, 2.45) is 0 Å². The number of hydrogen-bond donors (Lipinski definition) is 1. The molecule has 0 spiro atoms. The van der Waals surface area contributed by atoms with Crippen molar-refractivity contribution in [2.45, 2.75) is 26.4 Å². The second kappa shape index (κ2) is 7.97. The molecule has 0 aliphatic carbocycles. The molecule has 0 aliphatic rings. The van der Waals surface area contributed by atoms with Crippen molar-refractivity contribution in [3.63, 3.8) is 0 Å². The van der Waals surface area contributed by atoms with E-state index in [1.807, 2.05) is 97.5 Å². The van der Waals surface area contributed by atoms with E-state index in [1.165, 1.54) is 0 Å². The molecule has 3 aromatic rings. The van der Waals surface area contributed by atoms with Crippen molar-refractivity contribution in [1.29, 1.82) is 0 Å². The average molecular weight is 348 g/mol. The highest BCUT2D eigenvalue weighted by Gasteiger charge is 2.19. The Labute approximate surface area is 154 Å². The lowest BCUT2D eigenvalue weighted by atomic mass is 10.2. The number of carbonyl (C=O) groups is 1. The van der Waals surface area contributed by atoms with Crippen LogP contribution in [0.4, 0.5) is 5.69 Å². The SMILES string of the molecule is Cc1ccccc1NC(=O)[C@H](C)N(C)Cc1cnn(-c2ccccc2)c1. The molecule has 26 heavy (non-hydrogen) atoms. The summed E-state index contributed by atoms with van der Waals surface area (Å²) < 4.78 is 1.85. The molecule has 1 atom stereocenters. The van der Waals surface area contributed by atoms with Crippen LogP contribution in [0.5, 0.6) is 0 Å². The molecule has 1 N–H and O–H groups in total. The third-order valence-electron chi connectivity index (χ3n) is 4.53. The second-order valence-corrected chi connectivity index (χ2v) is 6.52. The van der Waals surface area contributed by atoms with E-state index in [9.17, 15) is 4.79 Å². The molecule has 2 aromatic carbocycles. The molecule has 134 valence electrons. The van der Waals surface area contributed by atoms with E-state index in [0.29, 0.717) is 6.54 Å². The fourth-order valence-electron chi connectivity index (χ4n) is 2.74. The van der Waals surface area contributed by atoms with Gasteiger partial charge in [-0.15, -0.1) is 0 Å². The van der Waals surface area contributed by atoms with Crippen LogP contribution in [0.25, 0.3) is 5.69 Å². The van der Waals surface area contributed by atoms with E-state index in [2.05, 4.69) is 10.4 Å². The molecular formula is C21H24N4O. The molecule has 0 aliphatic heterocycles. The van der Waals surface area contributed by atoms with Crippen LogP contribution >= 0.6 is 0 Å². The lowest BCUT2D eigenvalue weighted by Gasteiger charge is -2.23. The van der Waals surface area contributed by atoms with Gasteiger partial charge in [-0.25, -0.2) is 4.68 Å². The van der Waals surface area contributed by atoms with Gasteiger partial charge in [0.1, 0.15) is 0 Å². The predicted molar refractivity (Wildman–Crippen MR) is 104 cm³/mol. The average Bonchev–Trinajstić information content (AvgIpc) is 3.12. The van der Waals surface area contributed by atoms with E-state index in [-0.39, 0.29) is 11.9 Å². The Morgan fingerprint density at radius 1 is 1.15 bits per heavy atom. The second-order valence-electron chi connectivity index (χ2n) is 6.52. The van der Waals surface area contributed by atoms with Gasteiger partial charge < -0.3 is 5.32 Å². The number of hydrogen-bond acceptors (Lipinski definition) is 3. The molecule has 3 rings (SSSR count). The molecule has 1 aromatic heterocycles. The number of rotatable bonds is 6. The van der Waals surface area contributed by atoms with Crippen molar-refractivity contribution in [1.82, 2.24) is 14.7 Å². The highest BCUT2D eigenvalue weighted by atomic mass is 16.2. The number of likely N-dealkylation sites (N-methyl/N-ethyl adjacent to an activating group) is 1.